The van der Waals surface area contributed by atoms with Crippen molar-refractivity contribution in [1.82, 2.24) is 0 Å². The van der Waals surface area contributed by atoms with E-state index in [1.54, 1.807) is 34.6 Å². The molecular formula is C37H54F10O27S4-4. The Bertz CT molecular complexity index is 2410. The molecule has 0 aromatic heterocycles. The number of ether oxygens (including phenoxy) is 8. The number of halogens is 10. The van der Waals surface area contributed by atoms with Crippen molar-refractivity contribution in [2.75, 3.05) is 46.4 Å². The van der Waals surface area contributed by atoms with Crippen LogP contribution in [-0.4, -0.2) is 167 Å². The third kappa shape index (κ3) is 27.9. The van der Waals surface area contributed by atoms with Gasteiger partial charge in [-0.2, -0.15) is 43.9 Å². The van der Waals surface area contributed by atoms with E-state index in [9.17, 15) is 129 Å². The largest absolute Gasteiger partial charge is 0.743 e. The van der Waals surface area contributed by atoms with Crippen LogP contribution in [0.15, 0.2) is 0 Å². The number of hydrogen-bond acceptors (Lipinski definition) is 27. The lowest BCUT2D eigenvalue weighted by molar-refractivity contribution is -0.320. The smallest absolute Gasteiger partial charge is 0.433 e. The van der Waals surface area contributed by atoms with Crippen molar-refractivity contribution in [3.05, 3.63) is 0 Å². The highest BCUT2D eigenvalue weighted by molar-refractivity contribution is 7.88. The maximum absolute atomic E-state index is 12.8. The van der Waals surface area contributed by atoms with Crippen molar-refractivity contribution >= 4 is 82.3 Å². The molecule has 41 heteroatoms. The predicted molar refractivity (Wildman–Crippen MR) is 228 cm³/mol. The highest BCUT2D eigenvalue weighted by atomic mass is 32.2. The van der Waals surface area contributed by atoms with Crippen LogP contribution >= 0.6 is 0 Å². The van der Waals surface area contributed by atoms with Gasteiger partial charge in [0.05, 0.1) is 43.5 Å². The normalized spacial score (nSPS) is 14.0. The maximum atomic E-state index is 12.8. The van der Waals surface area contributed by atoms with Crippen LogP contribution in [0.5, 0.6) is 0 Å². The molecular weight excluding hydrogens is 1190 g/mol. The minimum absolute atomic E-state index is 0.0248. The van der Waals surface area contributed by atoms with Gasteiger partial charge in [0.2, 0.25) is 6.79 Å². The van der Waals surface area contributed by atoms with Gasteiger partial charge in [-0.05, 0) is 38.5 Å². The van der Waals surface area contributed by atoms with Crippen molar-refractivity contribution in [3.8, 4) is 0 Å². The third-order valence-corrected chi connectivity index (χ3v) is 12.2. The molecule has 0 heterocycles. The van der Waals surface area contributed by atoms with Gasteiger partial charge in [0.1, 0.15) is 19.8 Å². The highest BCUT2D eigenvalue weighted by Gasteiger charge is 2.63. The number of esters is 7. The van der Waals surface area contributed by atoms with Crippen molar-refractivity contribution in [3.63, 3.8) is 0 Å². The summed E-state index contributed by atoms with van der Waals surface area (Å²) < 4.78 is 280. The minimum atomic E-state index is -6.60. The highest BCUT2D eigenvalue weighted by Crippen LogP contribution is 2.39. The SMILES string of the molecule is CCC(C)C(=O)OCCCCOC(=O)C(F)(F)S(=O)(=O)[O-].CCC(C)C(=O)OCCOC(=O)C(F)(F)S(=O)(=O)[O-].CCC(C)C(=O)OCCOC(F)(F)C(F)(F)S(=O)(=O)[O-].CCC(C)C(=O)OCOC(=O)C(F)(F)S(=O)(=O)[O-]. The standard InChI is InChI=1S/C11H18F2O7S.C9H14F4O6S.C9H14F2O7S.C8H12F2O7S/c1-3-8(2)9(14)19-6-4-5-7-20-10(15)11(12,13)21(16,17)18;1-3-6(2)7(14)18-4-5-19-8(10,11)9(12,13)20(15,16)17;1-3-6(2)7(12)17-4-5-18-8(13)9(10,11)19(14,15)16;1-3-5(2)6(11)16-4-17-7(12)8(9,10)18(13,14)15/h8H,3-7H2,1-2H3,(H,16,17,18);6H,3-5H2,1-2H3,(H,15,16,17);6H,3-5H2,1-2H3,(H,14,15,16);5H,3-4H2,1-2H3,(H,13,14,15)/p-4. The second-order valence-electron chi connectivity index (χ2n) is 15.0. The zero-order valence-corrected chi connectivity index (χ0v) is 45.2. The van der Waals surface area contributed by atoms with Gasteiger partial charge in [-0.1, -0.05) is 55.4 Å². The van der Waals surface area contributed by atoms with E-state index in [0.717, 1.165) is 0 Å². The molecule has 0 bridgehead atoms. The van der Waals surface area contributed by atoms with Crippen molar-refractivity contribution in [2.45, 2.75) is 121 Å². The zero-order valence-electron chi connectivity index (χ0n) is 41.9. The second-order valence-corrected chi connectivity index (χ2v) is 20.7. The van der Waals surface area contributed by atoms with Gasteiger partial charge in [-0.15, -0.1) is 0 Å². The minimum Gasteiger partial charge on any atom is -0.743 e. The Hall–Kier alpha value is -4.81. The summed E-state index contributed by atoms with van der Waals surface area (Å²) in [7, 11) is -25.0. The first-order valence-corrected chi connectivity index (χ1v) is 27.1. The third-order valence-electron chi connectivity index (χ3n) is 8.95. The molecule has 4 unspecified atom stereocenters. The van der Waals surface area contributed by atoms with Gasteiger partial charge in [0.25, 0.3) is 0 Å². The van der Waals surface area contributed by atoms with Crippen LogP contribution in [0, 0.1) is 23.7 Å². The van der Waals surface area contributed by atoms with E-state index in [-0.39, 0.29) is 25.4 Å². The molecule has 0 aliphatic carbocycles. The average molecular weight is 1250 g/mol. The number of alkyl halides is 10. The van der Waals surface area contributed by atoms with Crippen LogP contribution in [0.25, 0.3) is 0 Å². The molecule has 0 aliphatic heterocycles. The van der Waals surface area contributed by atoms with E-state index >= 15 is 0 Å². The quantitative estimate of drug-likeness (QED) is 0.0249. The maximum Gasteiger partial charge on any atom is 0.433 e. The van der Waals surface area contributed by atoms with Crippen LogP contribution in [-0.2, 0) is 112 Å². The summed E-state index contributed by atoms with van der Waals surface area (Å²) >= 11 is 0. The van der Waals surface area contributed by atoms with Gasteiger partial charge >= 0.3 is 68.9 Å². The van der Waals surface area contributed by atoms with Gasteiger partial charge in [-0.3, -0.25) is 19.2 Å². The van der Waals surface area contributed by atoms with Crippen LogP contribution < -0.4 is 0 Å². The molecule has 0 spiro atoms. The van der Waals surface area contributed by atoms with Crippen LogP contribution in [0.2, 0.25) is 0 Å². The molecule has 0 amide bonds. The lowest BCUT2D eigenvalue weighted by Crippen LogP contribution is -2.49. The number of unbranched alkanes of at least 4 members (excludes halogenated alkanes) is 1. The van der Waals surface area contributed by atoms with Gasteiger partial charge in [0.15, 0.2) is 40.5 Å². The fourth-order valence-corrected chi connectivity index (χ4v) is 4.43. The molecule has 0 saturated carbocycles. The lowest BCUT2D eigenvalue weighted by atomic mass is 10.1. The molecule has 0 fully saturated rings. The van der Waals surface area contributed by atoms with Crippen molar-refractivity contribution < 1.29 is 167 Å². The van der Waals surface area contributed by atoms with E-state index in [4.69, 9.17) is 4.74 Å². The number of hydrogen-bond donors (Lipinski definition) is 0. The van der Waals surface area contributed by atoms with E-state index in [0.29, 0.717) is 25.7 Å². The van der Waals surface area contributed by atoms with E-state index in [1.165, 1.54) is 13.8 Å². The summed E-state index contributed by atoms with van der Waals surface area (Å²) in [5.41, 5.74) is 0. The van der Waals surface area contributed by atoms with Crippen molar-refractivity contribution in [1.29, 1.82) is 0 Å². The summed E-state index contributed by atoms with van der Waals surface area (Å²) in [5, 5.41) is -21.4. The molecule has 0 aromatic rings. The summed E-state index contributed by atoms with van der Waals surface area (Å²) in [4.78, 5) is 76.5. The molecule has 0 radical (unpaired) electrons. The van der Waals surface area contributed by atoms with E-state index in [1.807, 2.05) is 6.92 Å². The molecule has 78 heavy (non-hydrogen) atoms. The lowest BCUT2D eigenvalue weighted by Gasteiger charge is -2.27. The molecule has 0 rings (SSSR count). The van der Waals surface area contributed by atoms with Gasteiger partial charge in [0, 0.05) is 0 Å². The molecule has 462 valence electrons. The number of carbonyl (C=O) groups excluding carboxylic acids is 7. The summed E-state index contributed by atoms with van der Waals surface area (Å²) in [5.74, 6) is -11.7. The van der Waals surface area contributed by atoms with Gasteiger partial charge in [-0.25, -0.2) is 48.1 Å². The Balaban J connectivity index is -0.000000469. The molecule has 4 atom stereocenters. The Kier molecular flexibility index (Phi) is 35.1. The van der Waals surface area contributed by atoms with Crippen molar-refractivity contribution in [2.24, 2.45) is 23.7 Å². The number of carbonyl (C=O) groups is 7. The zero-order chi connectivity index (χ0) is 62.7. The first-order valence-electron chi connectivity index (χ1n) is 21.5. The Morgan fingerprint density at radius 2 is 0.615 bits per heavy atom. The predicted octanol–water partition coefficient (Wildman–Crippen LogP) is 2.83. The topological polar surface area (TPSA) is 422 Å². The van der Waals surface area contributed by atoms with E-state index < -0.39 is 167 Å². The molecule has 0 N–H and O–H groups in total. The van der Waals surface area contributed by atoms with Crippen LogP contribution in [0.3, 0.4) is 0 Å². The summed E-state index contributed by atoms with van der Waals surface area (Å²) in [6.07, 6.45) is -3.24. The first kappa shape index (κ1) is 79.7. The van der Waals surface area contributed by atoms with Crippen LogP contribution in [0.1, 0.15) is 93.9 Å². The molecule has 27 nitrogen and oxygen atoms in total. The summed E-state index contributed by atoms with van der Waals surface area (Å²) in [6.45, 7) is 8.19. The number of rotatable bonds is 30. The second kappa shape index (κ2) is 34.4. The Morgan fingerprint density at radius 3 is 0.910 bits per heavy atom. The average Bonchev–Trinajstić information content (AvgIpc) is 3.32. The molecule has 0 saturated heterocycles. The monoisotopic (exact) mass is 1250 g/mol. The van der Waals surface area contributed by atoms with Gasteiger partial charge < -0.3 is 56.1 Å². The molecule has 0 aliphatic rings. The summed E-state index contributed by atoms with van der Waals surface area (Å²) in [6, 6.07) is 0. The fourth-order valence-electron chi connectivity index (χ4n) is 3.30. The first-order chi connectivity index (χ1) is 35.0. The Labute approximate surface area is 439 Å². The fraction of sp³-hybridized carbons (Fsp3) is 0.811. The van der Waals surface area contributed by atoms with Crippen LogP contribution in [0.4, 0.5) is 43.9 Å². The molecule has 0 aromatic carbocycles. The Morgan fingerprint density at radius 1 is 0.372 bits per heavy atom. The van der Waals surface area contributed by atoms with E-state index in [2.05, 4.69) is 33.2 Å².